The molecule has 0 spiro atoms. The van der Waals surface area contributed by atoms with E-state index in [1.807, 2.05) is 0 Å². The maximum Gasteiger partial charge on any atom is 0.243 e. The van der Waals surface area contributed by atoms with E-state index in [-0.39, 0.29) is 41.8 Å². The van der Waals surface area contributed by atoms with Crippen molar-refractivity contribution in [1.29, 1.82) is 0 Å². The van der Waals surface area contributed by atoms with Gasteiger partial charge in [0.2, 0.25) is 5.91 Å². The van der Waals surface area contributed by atoms with Crippen LogP contribution < -0.4 is 10.6 Å². The molecule has 0 aromatic rings. The van der Waals surface area contributed by atoms with E-state index in [0.29, 0.717) is 5.96 Å². The Bertz CT molecular complexity index is 334. The van der Waals surface area contributed by atoms with Gasteiger partial charge in [-0.05, 0) is 18.3 Å². The van der Waals surface area contributed by atoms with E-state index in [1.165, 1.54) is 0 Å². The van der Waals surface area contributed by atoms with Gasteiger partial charge in [-0.2, -0.15) is 0 Å². The van der Waals surface area contributed by atoms with Crippen molar-refractivity contribution in [2.75, 3.05) is 47.4 Å². The molecule has 0 atom stereocenters. The standard InChI is InChI=1S/C15H32N4O2.HI/c1-7-9-16-14(17-11-13(20)19(4)5)18-12-15(2,3)8-10-21-6;/h7-12H2,1-6H3,(H2,16,17,18);1H. The van der Waals surface area contributed by atoms with Gasteiger partial charge in [-0.3, -0.25) is 4.79 Å². The van der Waals surface area contributed by atoms with Crippen LogP contribution in [0.2, 0.25) is 0 Å². The number of amides is 1. The van der Waals surface area contributed by atoms with Crippen LogP contribution in [0.3, 0.4) is 0 Å². The third-order valence-electron chi connectivity index (χ3n) is 3.13. The molecule has 1 amide bonds. The number of nitrogens with one attached hydrogen (secondary N) is 2. The zero-order valence-corrected chi connectivity index (χ0v) is 17.2. The lowest BCUT2D eigenvalue weighted by molar-refractivity contribution is -0.127. The summed E-state index contributed by atoms with van der Waals surface area (Å²) < 4.78 is 5.13. The van der Waals surface area contributed by atoms with Crippen molar-refractivity contribution in [2.24, 2.45) is 10.4 Å². The Labute approximate surface area is 152 Å². The molecular formula is C15H33IN4O2. The van der Waals surface area contributed by atoms with E-state index in [1.54, 1.807) is 26.1 Å². The molecule has 132 valence electrons. The number of carbonyl (C=O) groups is 1. The summed E-state index contributed by atoms with van der Waals surface area (Å²) in [5.41, 5.74) is 0.107. The minimum atomic E-state index is -0.00811. The third-order valence-corrected chi connectivity index (χ3v) is 3.13. The highest BCUT2D eigenvalue weighted by Gasteiger charge is 2.18. The molecule has 22 heavy (non-hydrogen) atoms. The maximum atomic E-state index is 11.6. The van der Waals surface area contributed by atoms with Crippen molar-refractivity contribution in [2.45, 2.75) is 33.6 Å². The predicted octanol–water partition coefficient (Wildman–Crippen LogP) is 1.70. The Hall–Kier alpha value is -0.570. The smallest absolute Gasteiger partial charge is 0.243 e. The van der Waals surface area contributed by atoms with Gasteiger partial charge in [0.15, 0.2) is 5.96 Å². The first-order chi connectivity index (χ1) is 9.82. The van der Waals surface area contributed by atoms with Crippen LogP contribution in [0.1, 0.15) is 33.6 Å². The first kappa shape index (κ1) is 23.7. The number of halogens is 1. The Kier molecular flexibility index (Phi) is 13.9. The Morgan fingerprint density at radius 2 is 1.91 bits per heavy atom. The monoisotopic (exact) mass is 428 g/mol. The first-order valence-corrected chi connectivity index (χ1v) is 7.53. The van der Waals surface area contributed by atoms with Gasteiger partial charge in [-0.15, -0.1) is 24.0 Å². The Balaban J connectivity index is 0. The van der Waals surface area contributed by atoms with E-state index in [9.17, 15) is 4.79 Å². The van der Waals surface area contributed by atoms with Gasteiger partial charge < -0.3 is 20.3 Å². The topological polar surface area (TPSA) is 66.0 Å². The maximum absolute atomic E-state index is 11.6. The van der Waals surface area contributed by atoms with Crippen LogP contribution in [0, 0.1) is 5.41 Å². The lowest BCUT2D eigenvalue weighted by atomic mass is 9.90. The van der Waals surface area contributed by atoms with Gasteiger partial charge in [0.05, 0.1) is 0 Å². The molecule has 0 fully saturated rings. The van der Waals surface area contributed by atoms with Gasteiger partial charge in [0.25, 0.3) is 0 Å². The highest BCUT2D eigenvalue weighted by Crippen LogP contribution is 2.18. The van der Waals surface area contributed by atoms with Crippen LogP contribution in [0.15, 0.2) is 4.99 Å². The molecule has 0 saturated carbocycles. The molecule has 0 unspecified atom stereocenters. The molecule has 0 aromatic heterocycles. The highest BCUT2D eigenvalue weighted by atomic mass is 127. The average molecular weight is 428 g/mol. The van der Waals surface area contributed by atoms with Gasteiger partial charge in [0, 0.05) is 40.9 Å². The number of methoxy groups -OCH3 is 1. The summed E-state index contributed by atoms with van der Waals surface area (Å²) in [4.78, 5) is 17.5. The van der Waals surface area contributed by atoms with Crippen molar-refractivity contribution >= 4 is 35.8 Å². The highest BCUT2D eigenvalue weighted by molar-refractivity contribution is 14.0. The molecule has 6 nitrogen and oxygen atoms in total. The molecule has 0 aliphatic carbocycles. The molecule has 7 heteroatoms. The minimum Gasteiger partial charge on any atom is -0.385 e. The number of aliphatic imine (C=N–C) groups is 1. The summed E-state index contributed by atoms with van der Waals surface area (Å²) in [6.45, 7) is 8.97. The van der Waals surface area contributed by atoms with Crippen LogP contribution in [0.5, 0.6) is 0 Å². The molecule has 0 bridgehead atoms. The zero-order valence-electron chi connectivity index (χ0n) is 14.9. The summed E-state index contributed by atoms with van der Waals surface area (Å²) in [6.07, 6.45) is 1.98. The van der Waals surface area contributed by atoms with Crippen LogP contribution in [-0.4, -0.2) is 64.2 Å². The summed E-state index contributed by atoms with van der Waals surface area (Å²) in [5, 5.41) is 6.54. The van der Waals surface area contributed by atoms with E-state index in [0.717, 1.165) is 32.5 Å². The Morgan fingerprint density at radius 3 is 2.41 bits per heavy atom. The lowest BCUT2D eigenvalue weighted by Gasteiger charge is -2.26. The normalized spacial score (nSPS) is 11.6. The SMILES string of the molecule is CCCNC(=NCC(=O)N(C)C)NCC(C)(C)CCOC.I. The number of rotatable bonds is 9. The fourth-order valence-corrected chi connectivity index (χ4v) is 1.50. The average Bonchev–Trinajstić information content (AvgIpc) is 2.43. The zero-order chi connectivity index (χ0) is 16.3. The summed E-state index contributed by atoms with van der Waals surface area (Å²) >= 11 is 0. The van der Waals surface area contributed by atoms with Crippen LogP contribution in [-0.2, 0) is 9.53 Å². The fourth-order valence-electron chi connectivity index (χ4n) is 1.50. The number of guanidine groups is 1. The molecule has 0 aromatic carbocycles. The van der Waals surface area contributed by atoms with Crippen molar-refractivity contribution in [3.63, 3.8) is 0 Å². The van der Waals surface area contributed by atoms with Crippen molar-refractivity contribution < 1.29 is 9.53 Å². The second kappa shape index (κ2) is 12.9. The van der Waals surface area contributed by atoms with E-state index in [2.05, 4.69) is 36.4 Å². The van der Waals surface area contributed by atoms with Crippen LogP contribution >= 0.6 is 24.0 Å². The molecule has 2 N–H and O–H groups in total. The number of ether oxygens (including phenoxy) is 1. The summed E-state index contributed by atoms with van der Waals surface area (Å²) in [7, 11) is 5.18. The van der Waals surface area contributed by atoms with Gasteiger partial charge >= 0.3 is 0 Å². The molecule has 0 radical (unpaired) electrons. The lowest BCUT2D eigenvalue weighted by Crippen LogP contribution is -2.43. The minimum absolute atomic E-state index is 0. The molecule has 0 aliphatic heterocycles. The molecule has 0 heterocycles. The number of likely N-dealkylation sites (N-methyl/N-ethyl adjacent to an activating group) is 1. The summed E-state index contributed by atoms with van der Waals surface area (Å²) in [5.74, 6) is 0.684. The van der Waals surface area contributed by atoms with Crippen LogP contribution in [0.25, 0.3) is 0 Å². The van der Waals surface area contributed by atoms with Crippen molar-refractivity contribution in [3.05, 3.63) is 0 Å². The second-order valence-corrected chi connectivity index (χ2v) is 6.14. The third kappa shape index (κ3) is 12.0. The predicted molar refractivity (Wildman–Crippen MR) is 103 cm³/mol. The number of hydrogen-bond donors (Lipinski definition) is 2. The molecule has 0 aliphatic rings. The first-order valence-electron chi connectivity index (χ1n) is 7.53. The van der Waals surface area contributed by atoms with Crippen molar-refractivity contribution in [1.82, 2.24) is 15.5 Å². The Morgan fingerprint density at radius 1 is 1.27 bits per heavy atom. The van der Waals surface area contributed by atoms with Crippen molar-refractivity contribution in [3.8, 4) is 0 Å². The van der Waals surface area contributed by atoms with Gasteiger partial charge in [0.1, 0.15) is 6.54 Å². The quantitative estimate of drug-likeness (QED) is 0.333. The summed E-state index contributed by atoms with van der Waals surface area (Å²) in [6, 6.07) is 0. The molecule has 0 saturated heterocycles. The van der Waals surface area contributed by atoms with E-state index in [4.69, 9.17) is 4.74 Å². The largest absolute Gasteiger partial charge is 0.385 e. The van der Waals surface area contributed by atoms with Crippen LogP contribution in [0.4, 0.5) is 0 Å². The number of hydrogen-bond acceptors (Lipinski definition) is 3. The van der Waals surface area contributed by atoms with E-state index >= 15 is 0 Å². The molecular weight excluding hydrogens is 395 g/mol. The molecule has 0 rings (SSSR count). The number of nitrogens with zero attached hydrogens (tertiary/aromatic N) is 2. The van der Waals surface area contributed by atoms with E-state index < -0.39 is 0 Å². The second-order valence-electron chi connectivity index (χ2n) is 6.14. The fraction of sp³-hybridized carbons (Fsp3) is 0.867. The van der Waals surface area contributed by atoms with Gasteiger partial charge in [-0.1, -0.05) is 20.8 Å². The van der Waals surface area contributed by atoms with Gasteiger partial charge in [-0.25, -0.2) is 4.99 Å². The number of carbonyl (C=O) groups excluding carboxylic acids is 1.